The summed E-state index contributed by atoms with van der Waals surface area (Å²) in [5, 5.41) is 7.45. The van der Waals surface area contributed by atoms with E-state index in [0.717, 1.165) is 27.8 Å². The second-order valence-electron chi connectivity index (χ2n) is 7.36. The number of hydrazone groups is 1. The first-order valence-electron chi connectivity index (χ1n) is 9.43. The van der Waals surface area contributed by atoms with Gasteiger partial charge in [0.05, 0.1) is 24.7 Å². The number of benzene rings is 2. The Morgan fingerprint density at radius 3 is 2.48 bits per heavy atom. The molecule has 1 heterocycles. The number of carbonyl (C=O) groups excluding carboxylic acids is 2. The molecule has 0 aromatic heterocycles. The van der Waals surface area contributed by atoms with Crippen LogP contribution in [0.5, 0.6) is 5.75 Å². The predicted molar refractivity (Wildman–Crippen MR) is 102 cm³/mol. The minimum absolute atomic E-state index is 0.170. The Balaban J connectivity index is 1.52. The third-order valence-corrected chi connectivity index (χ3v) is 5.98. The maximum absolute atomic E-state index is 12.8. The number of hydrogen-bond acceptors (Lipinski definition) is 4. The van der Waals surface area contributed by atoms with Crippen LogP contribution in [-0.4, -0.2) is 29.6 Å². The molecule has 2 aromatic carbocycles. The summed E-state index contributed by atoms with van der Waals surface area (Å²) in [5.74, 6) is 0.266. The van der Waals surface area contributed by atoms with Crippen LogP contribution >= 0.6 is 0 Å². The fourth-order valence-electron chi connectivity index (χ4n) is 4.81. The van der Waals surface area contributed by atoms with E-state index in [1.807, 2.05) is 43.3 Å². The first-order valence-corrected chi connectivity index (χ1v) is 9.43. The molecule has 2 fully saturated rings. The minimum atomic E-state index is -0.233. The van der Waals surface area contributed by atoms with E-state index in [-0.39, 0.29) is 35.5 Å². The summed E-state index contributed by atoms with van der Waals surface area (Å²) in [6.45, 7) is 2.45. The third-order valence-electron chi connectivity index (χ3n) is 5.98. The largest absolute Gasteiger partial charge is 0.493 e. The molecule has 2 aliphatic carbocycles. The average molecular weight is 360 g/mol. The molecule has 2 aromatic rings. The lowest BCUT2D eigenvalue weighted by atomic mass is 9.85. The predicted octanol–water partition coefficient (Wildman–Crippen LogP) is 3.38. The lowest BCUT2D eigenvalue weighted by Crippen LogP contribution is -2.28. The maximum atomic E-state index is 12.8. The zero-order valence-electron chi connectivity index (χ0n) is 15.0. The molecule has 2 bridgehead atoms. The lowest BCUT2D eigenvalue weighted by molar-refractivity contribution is -0.140. The van der Waals surface area contributed by atoms with Gasteiger partial charge in [-0.1, -0.05) is 42.5 Å². The molecule has 27 heavy (non-hydrogen) atoms. The van der Waals surface area contributed by atoms with E-state index in [2.05, 4.69) is 17.3 Å². The molecule has 0 N–H and O–H groups in total. The van der Waals surface area contributed by atoms with Crippen LogP contribution in [0.25, 0.3) is 10.8 Å². The van der Waals surface area contributed by atoms with E-state index < -0.39 is 0 Å². The van der Waals surface area contributed by atoms with Gasteiger partial charge in [-0.15, -0.1) is 0 Å². The van der Waals surface area contributed by atoms with Crippen LogP contribution in [0.3, 0.4) is 0 Å². The van der Waals surface area contributed by atoms with Crippen molar-refractivity contribution in [3.8, 4) is 5.75 Å². The number of amides is 2. The molecule has 1 saturated heterocycles. The van der Waals surface area contributed by atoms with Gasteiger partial charge in [0, 0.05) is 5.56 Å². The molecule has 5 rings (SSSR count). The molecule has 3 aliphatic rings. The normalized spacial score (nSPS) is 28.7. The van der Waals surface area contributed by atoms with Gasteiger partial charge in [0.25, 0.3) is 11.8 Å². The number of rotatable bonds is 4. The molecule has 4 atom stereocenters. The van der Waals surface area contributed by atoms with Crippen LogP contribution in [0.4, 0.5) is 0 Å². The molecular formula is C22H20N2O3. The number of hydrogen-bond donors (Lipinski definition) is 0. The van der Waals surface area contributed by atoms with E-state index in [1.165, 1.54) is 0 Å². The van der Waals surface area contributed by atoms with Crippen molar-refractivity contribution >= 4 is 28.8 Å². The number of carbonyl (C=O) groups is 2. The Labute approximate surface area is 157 Å². The van der Waals surface area contributed by atoms with Crippen molar-refractivity contribution < 1.29 is 14.3 Å². The first kappa shape index (κ1) is 16.2. The van der Waals surface area contributed by atoms with Crippen LogP contribution in [0.1, 0.15) is 18.9 Å². The molecule has 1 aliphatic heterocycles. The summed E-state index contributed by atoms with van der Waals surface area (Å²) in [5.41, 5.74) is 0.786. The van der Waals surface area contributed by atoms with Gasteiger partial charge in [0.15, 0.2) is 0 Å². The van der Waals surface area contributed by atoms with Crippen LogP contribution < -0.4 is 4.74 Å². The third kappa shape index (κ3) is 2.34. The van der Waals surface area contributed by atoms with E-state index in [1.54, 1.807) is 6.21 Å². The van der Waals surface area contributed by atoms with E-state index in [0.29, 0.717) is 12.4 Å². The van der Waals surface area contributed by atoms with Crippen molar-refractivity contribution in [1.82, 2.24) is 5.01 Å². The van der Waals surface area contributed by atoms with Gasteiger partial charge in [-0.05, 0) is 42.0 Å². The Morgan fingerprint density at radius 2 is 1.78 bits per heavy atom. The van der Waals surface area contributed by atoms with Gasteiger partial charge in [-0.3, -0.25) is 9.59 Å². The van der Waals surface area contributed by atoms with Gasteiger partial charge in [-0.25, -0.2) is 0 Å². The van der Waals surface area contributed by atoms with Crippen molar-refractivity contribution in [1.29, 1.82) is 0 Å². The van der Waals surface area contributed by atoms with E-state index in [4.69, 9.17) is 4.74 Å². The quantitative estimate of drug-likeness (QED) is 0.477. The molecule has 0 unspecified atom stereocenters. The van der Waals surface area contributed by atoms with Gasteiger partial charge in [0.1, 0.15) is 5.75 Å². The summed E-state index contributed by atoms with van der Waals surface area (Å²) in [4.78, 5) is 25.6. The standard InChI is InChI=1S/C22H20N2O3/c1-2-27-18-10-9-13-5-3-4-6-16(13)17(18)12-23-24-21(25)19-14-7-8-15(11-14)20(19)22(24)26/h3-10,12,14-15,19-20H,2,11H2,1H3/b23-12-/t14-,15-,19-,20-/m0/s1. The highest BCUT2D eigenvalue weighted by molar-refractivity contribution is 6.08. The highest BCUT2D eigenvalue weighted by Gasteiger charge is 2.59. The van der Waals surface area contributed by atoms with Gasteiger partial charge in [-0.2, -0.15) is 10.1 Å². The van der Waals surface area contributed by atoms with Gasteiger partial charge >= 0.3 is 0 Å². The van der Waals surface area contributed by atoms with E-state index in [9.17, 15) is 9.59 Å². The first-order chi connectivity index (χ1) is 13.2. The fraction of sp³-hybridized carbons (Fsp3) is 0.318. The van der Waals surface area contributed by atoms with Crippen LogP contribution in [-0.2, 0) is 9.59 Å². The Morgan fingerprint density at radius 1 is 1.07 bits per heavy atom. The summed E-state index contributed by atoms with van der Waals surface area (Å²) < 4.78 is 5.74. The summed E-state index contributed by atoms with van der Waals surface area (Å²) in [7, 11) is 0. The Hall–Kier alpha value is -2.95. The second-order valence-corrected chi connectivity index (χ2v) is 7.36. The van der Waals surface area contributed by atoms with E-state index >= 15 is 0 Å². The average Bonchev–Trinajstić information content (AvgIpc) is 3.36. The van der Waals surface area contributed by atoms with Crippen LogP contribution in [0.15, 0.2) is 53.7 Å². The van der Waals surface area contributed by atoms with Crippen LogP contribution in [0.2, 0.25) is 0 Å². The topological polar surface area (TPSA) is 59.0 Å². The number of nitrogens with zero attached hydrogens (tertiary/aromatic N) is 2. The molecule has 5 nitrogen and oxygen atoms in total. The Bertz CT molecular complexity index is 980. The minimum Gasteiger partial charge on any atom is -0.493 e. The van der Waals surface area contributed by atoms with Gasteiger partial charge < -0.3 is 4.74 Å². The van der Waals surface area contributed by atoms with Crippen LogP contribution in [0, 0.1) is 23.7 Å². The van der Waals surface area contributed by atoms with Crippen molar-refractivity contribution in [2.45, 2.75) is 13.3 Å². The van der Waals surface area contributed by atoms with Crippen molar-refractivity contribution in [2.24, 2.45) is 28.8 Å². The number of ether oxygens (including phenoxy) is 1. The van der Waals surface area contributed by atoms with Crippen molar-refractivity contribution in [3.63, 3.8) is 0 Å². The monoisotopic (exact) mass is 360 g/mol. The summed E-state index contributed by atoms with van der Waals surface area (Å²) in [6, 6.07) is 11.8. The molecule has 0 spiro atoms. The Kier molecular flexibility index (Phi) is 3.64. The second kappa shape index (κ2) is 6.05. The highest BCUT2D eigenvalue weighted by atomic mass is 16.5. The lowest BCUT2D eigenvalue weighted by Gasteiger charge is -2.13. The molecular weight excluding hydrogens is 340 g/mol. The zero-order chi connectivity index (χ0) is 18.5. The maximum Gasteiger partial charge on any atom is 0.254 e. The molecule has 5 heteroatoms. The molecule has 1 saturated carbocycles. The summed E-state index contributed by atoms with van der Waals surface area (Å²) in [6.07, 6.45) is 6.69. The SMILES string of the molecule is CCOc1ccc2ccccc2c1/C=N\N1C(=O)[C@@H]2[C@@H](C1=O)[C@H]1C=C[C@H]2C1. The highest BCUT2D eigenvalue weighted by Crippen LogP contribution is 2.52. The fourth-order valence-corrected chi connectivity index (χ4v) is 4.81. The summed E-state index contributed by atoms with van der Waals surface area (Å²) >= 11 is 0. The van der Waals surface area contributed by atoms with Crippen molar-refractivity contribution in [3.05, 3.63) is 54.1 Å². The number of fused-ring (bicyclic) bond motifs is 6. The zero-order valence-corrected chi connectivity index (χ0v) is 15.0. The van der Waals surface area contributed by atoms with Gasteiger partial charge in [0.2, 0.25) is 0 Å². The molecule has 0 radical (unpaired) electrons. The smallest absolute Gasteiger partial charge is 0.254 e. The molecule has 136 valence electrons. The number of allylic oxidation sites excluding steroid dienone is 2. The number of imide groups is 1. The van der Waals surface area contributed by atoms with Crippen molar-refractivity contribution in [2.75, 3.05) is 6.61 Å². The molecule has 2 amide bonds.